The Hall–Kier alpha value is -1.60. The van der Waals surface area contributed by atoms with Gasteiger partial charge in [0.25, 0.3) is 0 Å². The van der Waals surface area contributed by atoms with Gasteiger partial charge in [-0.15, -0.1) is 0 Å². The molecule has 0 saturated heterocycles. The van der Waals surface area contributed by atoms with Crippen molar-refractivity contribution in [2.75, 3.05) is 5.32 Å². The molecule has 0 aromatic heterocycles. The zero-order valence-electron chi connectivity index (χ0n) is 11.1. The Labute approximate surface area is 122 Å². The molecule has 1 aromatic carbocycles. The molecule has 0 atom stereocenters. The molecule has 0 heterocycles. The van der Waals surface area contributed by atoms with Crippen LogP contribution in [0.1, 0.15) is 38.5 Å². The summed E-state index contributed by atoms with van der Waals surface area (Å²) in [5.74, 6) is -0.856. The third-order valence-electron chi connectivity index (χ3n) is 3.78. The van der Waals surface area contributed by atoms with Gasteiger partial charge in [0.05, 0.1) is 16.8 Å². The first kappa shape index (κ1) is 14.8. The lowest BCUT2D eigenvalue weighted by Crippen LogP contribution is -2.34. The van der Waals surface area contributed by atoms with Gasteiger partial charge in [0.2, 0.25) is 5.91 Å². The SMILES string of the molecule is N#CC1(C(=O)Nc2cc(F)ccc2Cl)CCCCCC1. The summed E-state index contributed by atoms with van der Waals surface area (Å²) in [4.78, 5) is 12.4. The minimum absolute atomic E-state index is 0.218. The van der Waals surface area contributed by atoms with Crippen LogP contribution in [0.2, 0.25) is 5.02 Å². The van der Waals surface area contributed by atoms with E-state index in [0.29, 0.717) is 12.8 Å². The second-order valence-corrected chi connectivity index (χ2v) is 5.59. The van der Waals surface area contributed by atoms with E-state index in [4.69, 9.17) is 11.6 Å². The fraction of sp³-hybridized carbons (Fsp3) is 0.467. The number of rotatable bonds is 2. The Bertz CT molecular complexity index is 545. The maximum atomic E-state index is 13.2. The topological polar surface area (TPSA) is 52.9 Å². The van der Waals surface area contributed by atoms with Crippen LogP contribution < -0.4 is 5.32 Å². The average Bonchev–Trinajstić information content (AvgIpc) is 2.69. The molecule has 1 aromatic rings. The van der Waals surface area contributed by atoms with Gasteiger partial charge in [-0.3, -0.25) is 4.79 Å². The van der Waals surface area contributed by atoms with Crippen LogP contribution in [0.3, 0.4) is 0 Å². The Kier molecular flexibility index (Phi) is 4.61. The summed E-state index contributed by atoms with van der Waals surface area (Å²) >= 11 is 5.94. The van der Waals surface area contributed by atoms with Crippen molar-refractivity contribution in [3.05, 3.63) is 29.0 Å². The van der Waals surface area contributed by atoms with Gasteiger partial charge in [-0.2, -0.15) is 5.26 Å². The van der Waals surface area contributed by atoms with Crippen molar-refractivity contribution in [3.63, 3.8) is 0 Å². The summed E-state index contributed by atoms with van der Waals surface area (Å²) in [6.45, 7) is 0. The van der Waals surface area contributed by atoms with E-state index >= 15 is 0 Å². The standard InChI is InChI=1S/C15H16ClFN2O/c16-12-6-5-11(17)9-13(12)19-14(20)15(10-18)7-3-1-2-4-8-15/h5-6,9H,1-4,7-8H2,(H,19,20). The lowest BCUT2D eigenvalue weighted by Gasteiger charge is -2.23. The van der Waals surface area contributed by atoms with Gasteiger partial charge < -0.3 is 5.32 Å². The van der Waals surface area contributed by atoms with E-state index in [1.165, 1.54) is 18.2 Å². The molecule has 2 rings (SSSR count). The number of carbonyl (C=O) groups is 1. The van der Waals surface area contributed by atoms with E-state index in [1.54, 1.807) is 0 Å². The van der Waals surface area contributed by atoms with Gasteiger partial charge in [0, 0.05) is 0 Å². The van der Waals surface area contributed by atoms with E-state index in [2.05, 4.69) is 11.4 Å². The van der Waals surface area contributed by atoms with E-state index in [0.717, 1.165) is 25.7 Å². The molecule has 1 N–H and O–H groups in total. The zero-order valence-corrected chi connectivity index (χ0v) is 11.8. The predicted octanol–water partition coefficient (Wildman–Crippen LogP) is 4.28. The van der Waals surface area contributed by atoms with Crippen molar-refractivity contribution < 1.29 is 9.18 Å². The number of nitriles is 1. The molecular weight excluding hydrogens is 279 g/mol. The quantitative estimate of drug-likeness (QED) is 0.828. The molecule has 20 heavy (non-hydrogen) atoms. The molecule has 0 spiro atoms. The molecule has 0 radical (unpaired) electrons. The molecule has 3 nitrogen and oxygen atoms in total. The van der Waals surface area contributed by atoms with E-state index < -0.39 is 11.2 Å². The number of hydrogen-bond acceptors (Lipinski definition) is 2. The molecule has 0 unspecified atom stereocenters. The monoisotopic (exact) mass is 294 g/mol. The lowest BCUT2D eigenvalue weighted by atomic mass is 9.81. The van der Waals surface area contributed by atoms with E-state index in [9.17, 15) is 14.4 Å². The normalized spacial score (nSPS) is 17.9. The average molecular weight is 295 g/mol. The first-order valence-electron chi connectivity index (χ1n) is 6.75. The number of amides is 1. The summed E-state index contributed by atoms with van der Waals surface area (Å²) in [5, 5.41) is 12.3. The Morgan fingerprint density at radius 2 is 1.95 bits per heavy atom. The Balaban J connectivity index is 2.21. The zero-order chi connectivity index (χ0) is 14.6. The minimum atomic E-state index is -1.02. The van der Waals surface area contributed by atoms with E-state index in [-0.39, 0.29) is 16.6 Å². The van der Waals surface area contributed by atoms with Crippen LogP contribution in [0.15, 0.2) is 18.2 Å². The largest absolute Gasteiger partial charge is 0.323 e. The van der Waals surface area contributed by atoms with Gasteiger partial charge in [0.1, 0.15) is 11.2 Å². The highest BCUT2D eigenvalue weighted by Crippen LogP contribution is 2.36. The molecule has 5 heteroatoms. The summed E-state index contributed by atoms with van der Waals surface area (Å²) < 4.78 is 13.2. The molecular formula is C15H16ClFN2O. The number of benzene rings is 1. The van der Waals surface area contributed by atoms with Crippen LogP contribution in [-0.4, -0.2) is 5.91 Å². The molecule has 0 bridgehead atoms. The van der Waals surface area contributed by atoms with Crippen molar-refractivity contribution >= 4 is 23.2 Å². The van der Waals surface area contributed by atoms with Crippen LogP contribution >= 0.6 is 11.6 Å². The van der Waals surface area contributed by atoms with Gasteiger partial charge >= 0.3 is 0 Å². The Morgan fingerprint density at radius 1 is 1.30 bits per heavy atom. The number of carbonyl (C=O) groups excluding carboxylic acids is 1. The van der Waals surface area contributed by atoms with Crippen LogP contribution in [0.25, 0.3) is 0 Å². The maximum Gasteiger partial charge on any atom is 0.244 e. The third kappa shape index (κ3) is 3.10. The smallest absolute Gasteiger partial charge is 0.244 e. The third-order valence-corrected chi connectivity index (χ3v) is 4.11. The van der Waals surface area contributed by atoms with Crippen LogP contribution in [0.5, 0.6) is 0 Å². The summed E-state index contributed by atoms with van der Waals surface area (Å²) in [7, 11) is 0. The predicted molar refractivity (Wildman–Crippen MR) is 75.8 cm³/mol. The first-order valence-corrected chi connectivity index (χ1v) is 7.13. The number of halogens is 2. The van der Waals surface area contributed by atoms with Crippen LogP contribution in [-0.2, 0) is 4.79 Å². The van der Waals surface area contributed by atoms with Crippen LogP contribution in [0.4, 0.5) is 10.1 Å². The highest BCUT2D eigenvalue weighted by molar-refractivity contribution is 6.33. The Morgan fingerprint density at radius 3 is 2.55 bits per heavy atom. The molecule has 1 saturated carbocycles. The van der Waals surface area contributed by atoms with Crippen LogP contribution in [0, 0.1) is 22.6 Å². The molecule has 1 aliphatic rings. The maximum absolute atomic E-state index is 13.2. The van der Waals surface area contributed by atoms with Crippen molar-refractivity contribution in [1.29, 1.82) is 5.26 Å². The molecule has 1 fully saturated rings. The van der Waals surface area contributed by atoms with Crippen molar-refractivity contribution in [1.82, 2.24) is 0 Å². The molecule has 0 aliphatic heterocycles. The van der Waals surface area contributed by atoms with Crippen molar-refractivity contribution in [2.24, 2.45) is 5.41 Å². The lowest BCUT2D eigenvalue weighted by molar-refractivity contribution is -0.123. The number of nitrogens with one attached hydrogen (secondary N) is 1. The number of hydrogen-bond donors (Lipinski definition) is 1. The van der Waals surface area contributed by atoms with Gasteiger partial charge in [-0.25, -0.2) is 4.39 Å². The number of anilines is 1. The second-order valence-electron chi connectivity index (χ2n) is 5.19. The fourth-order valence-electron chi connectivity index (χ4n) is 2.56. The van der Waals surface area contributed by atoms with E-state index in [1.807, 2.05) is 0 Å². The van der Waals surface area contributed by atoms with Gasteiger partial charge in [-0.1, -0.05) is 37.3 Å². The summed E-state index contributed by atoms with van der Waals surface area (Å²) in [6.07, 6.45) is 4.88. The molecule has 1 aliphatic carbocycles. The van der Waals surface area contributed by atoms with Crippen molar-refractivity contribution in [2.45, 2.75) is 38.5 Å². The molecule has 106 valence electrons. The first-order chi connectivity index (χ1) is 9.57. The summed E-state index contributed by atoms with van der Waals surface area (Å²) in [6, 6.07) is 5.94. The summed E-state index contributed by atoms with van der Waals surface area (Å²) in [5.41, 5.74) is -0.804. The van der Waals surface area contributed by atoms with Gasteiger partial charge in [0.15, 0.2) is 0 Å². The fourth-order valence-corrected chi connectivity index (χ4v) is 2.72. The minimum Gasteiger partial charge on any atom is -0.323 e. The van der Waals surface area contributed by atoms with Gasteiger partial charge in [-0.05, 0) is 31.0 Å². The van der Waals surface area contributed by atoms with Crippen molar-refractivity contribution in [3.8, 4) is 6.07 Å². The highest BCUT2D eigenvalue weighted by Gasteiger charge is 2.39. The number of nitrogens with zero attached hydrogens (tertiary/aromatic N) is 1. The highest BCUT2D eigenvalue weighted by atomic mass is 35.5. The molecule has 1 amide bonds. The second kappa shape index (κ2) is 6.23.